The smallest absolute Gasteiger partial charge is 0.332 e. The van der Waals surface area contributed by atoms with Crippen LogP contribution in [0, 0.1) is 0 Å². The van der Waals surface area contributed by atoms with Crippen LogP contribution in [0.5, 0.6) is 11.5 Å². The van der Waals surface area contributed by atoms with Gasteiger partial charge in [0.25, 0.3) is 0 Å². The lowest BCUT2D eigenvalue weighted by molar-refractivity contribution is 0.249. The highest BCUT2D eigenvalue weighted by atomic mass is 35.5. The molecule has 0 aromatic heterocycles. The molecule has 2 aromatic rings. The van der Waals surface area contributed by atoms with Crippen molar-refractivity contribution in [1.29, 1.82) is 0 Å². The van der Waals surface area contributed by atoms with Gasteiger partial charge in [0.15, 0.2) is 11.5 Å². The molecule has 6 nitrogen and oxygen atoms in total. The summed E-state index contributed by atoms with van der Waals surface area (Å²) < 4.78 is 11.4. The summed E-state index contributed by atoms with van der Waals surface area (Å²) >= 11 is 18.4. The first-order chi connectivity index (χ1) is 12.4. The number of carbonyl (C=O) groups excluding carboxylic acids is 1. The summed E-state index contributed by atoms with van der Waals surface area (Å²) in [6.07, 6.45) is 1.39. The second kappa shape index (κ2) is 9.52. The van der Waals surface area contributed by atoms with Crippen molar-refractivity contribution < 1.29 is 14.3 Å². The fourth-order valence-corrected chi connectivity index (χ4v) is 2.76. The molecule has 0 aliphatic heterocycles. The van der Waals surface area contributed by atoms with Crippen LogP contribution in [0.1, 0.15) is 18.1 Å². The molecule has 3 N–H and O–H groups in total. The zero-order chi connectivity index (χ0) is 19.1. The van der Waals surface area contributed by atoms with Gasteiger partial charge in [-0.3, -0.25) is 0 Å². The van der Waals surface area contributed by atoms with Crippen molar-refractivity contribution in [1.82, 2.24) is 5.43 Å². The summed E-state index contributed by atoms with van der Waals surface area (Å²) in [4.78, 5) is 10.7. The first-order valence-corrected chi connectivity index (χ1v) is 8.65. The maximum Gasteiger partial charge on any atom is 0.332 e. The molecule has 0 saturated heterocycles. The van der Waals surface area contributed by atoms with Gasteiger partial charge in [-0.05, 0) is 36.8 Å². The molecule has 0 aliphatic rings. The number of nitrogens with two attached hydrogens (primary N) is 1. The topological polar surface area (TPSA) is 85.9 Å². The second-order valence-corrected chi connectivity index (χ2v) is 6.27. The van der Waals surface area contributed by atoms with Crippen molar-refractivity contribution in [3.8, 4) is 11.5 Å². The Morgan fingerprint density at radius 2 is 1.96 bits per heavy atom. The van der Waals surface area contributed by atoms with E-state index in [1.54, 1.807) is 30.3 Å². The van der Waals surface area contributed by atoms with Gasteiger partial charge in [-0.25, -0.2) is 10.2 Å². The Balaban J connectivity index is 2.23. The van der Waals surface area contributed by atoms with Gasteiger partial charge in [0, 0.05) is 15.6 Å². The molecule has 0 radical (unpaired) electrons. The number of halogens is 3. The first kappa shape index (κ1) is 20.2. The highest BCUT2D eigenvalue weighted by Gasteiger charge is 2.13. The van der Waals surface area contributed by atoms with Crippen molar-refractivity contribution in [3.05, 3.63) is 56.5 Å². The third-order valence-corrected chi connectivity index (χ3v) is 3.97. The lowest BCUT2D eigenvalue weighted by Crippen LogP contribution is -2.24. The summed E-state index contributed by atoms with van der Waals surface area (Å²) in [5.74, 6) is 0.810. The molecule has 0 aliphatic carbocycles. The van der Waals surface area contributed by atoms with Crippen molar-refractivity contribution in [3.63, 3.8) is 0 Å². The number of hydrogen-bond donors (Lipinski definition) is 2. The van der Waals surface area contributed by atoms with Gasteiger partial charge >= 0.3 is 6.03 Å². The van der Waals surface area contributed by atoms with Gasteiger partial charge in [-0.15, -0.1) is 0 Å². The van der Waals surface area contributed by atoms with Crippen molar-refractivity contribution in [2.45, 2.75) is 13.5 Å². The van der Waals surface area contributed by atoms with Gasteiger partial charge in [-0.1, -0.05) is 40.9 Å². The molecule has 0 heterocycles. The van der Waals surface area contributed by atoms with E-state index in [-0.39, 0.29) is 6.61 Å². The zero-order valence-corrected chi connectivity index (χ0v) is 16.0. The molecule has 9 heteroatoms. The highest BCUT2D eigenvalue weighted by Crippen LogP contribution is 2.37. The van der Waals surface area contributed by atoms with Crippen molar-refractivity contribution in [2.24, 2.45) is 10.8 Å². The lowest BCUT2D eigenvalue weighted by atomic mass is 10.2. The number of amides is 2. The summed E-state index contributed by atoms with van der Waals surface area (Å²) in [5.41, 5.74) is 8.41. The van der Waals surface area contributed by atoms with E-state index in [4.69, 9.17) is 50.0 Å². The Labute approximate surface area is 165 Å². The average molecular weight is 417 g/mol. The fraction of sp³-hybridized carbons (Fsp3) is 0.176. The molecular weight excluding hydrogens is 401 g/mol. The molecule has 0 bridgehead atoms. The highest BCUT2D eigenvalue weighted by molar-refractivity contribution is 6.35. The van der Waals surface area contributed by atoms with Gasteiger partial charge < -0.3 is 15.2 Å². The number of nitrogens with zero attached hydrogens (tertiary/aromatic N) is 1. The SMILES string of the molecule is CCOc1cc(C=NNC(N)=O)cc(Cl)c1OCc1ccc(Cl)cc1Cl. The standard InChI is InChI=1S/C17H16Cl3N3O3/c1-2-25-15-6-10(8-22-23-17(21)24)5-14(20)16(15)26-9-11-3-4-12(18)7-13(11)19/h3-8H,2,9H2,1H3,(H3,21,23,24). The van der Waals surface area contributed by atoms with Gasteiger partial charge in [-0.2, -0.15) is 5.10 Å². The maximum atomic E-state index is 10.7. The van der Waals surface area contributed by atoms with Gasteiger partial charge in [0.05, 0.1) is 17.8 Å². The molecule has 0 unspecified atom stereocenters. The van der Waals surface area contributed by atoms with Crippen LogP contribution in [-0.4, -0.2) is 18.9 Å². The fourth-order valence-electron chi connectivity index (χ4n) is 2.02. The third kappa shape index (κ3) is 5.69. The van der Waals surface area contributed by atoms with E-state index in [2.05, 4.69) is 10.5 Å². The average Bonchev–Trinajstić information content (AvgIpc) is 2.55. The van der Waals surface area contributed by atoms with Crippen molar-refractivity contribution >= 4 is 47.0 Å². The normalized spacial score (nSPS) is 10.8. The number of hydrogen-bond acceptors (Lipinski definition) is 4. The van der Waals surface area contributed by atoms with Crippen molar-refractivity contribution in [2.75, 3.05) is 6.61 Å². The number of nitrogens with one attached hydrogen (secondary N) is 1. The molecule has 26 heavy (non-hydrogen) atoms. The van der Waals surface area contributed by atoms with Gasteiger partial charge in [0.2, 0.25) is 0 Å². The zero-order valence-electron chi connectivity index (χ0n) is 13.8. The molecule has 0 fully saturated rings. The predicted octanol–water partition coefficient (Wildman–Crippen LogP) is 4.63. The molecule has 2 amide bonds. The minimum atomic E-state index is -0.767. The summed E-state index contributed by atoms with van der Waals surface area (Å²) in [6.45, 7) is 2.43. The van der Waals surface area contributed by atoms with Gasteiger partial charge in [0.1, 0.15) is 6.61 Å². The number of benzene rings is 2. The minimum absolute atomic E-state index is 0.187. The minimum Gasteiger partial charge on any atom is -0.490 e. The Kier molecular flexibility index (Phi) is 7.38. The van der Waals surface area contributed by atoms with Crippen LogP contribution >= 0.6 is 34.8 Å². The Morgan fingerprint density at radius 3 is 2.62 bits per heavy atom. The van der Waals surface area contributed by atoms with E-state index in [9.17, 15) is 4.79 Å². The Bertz CT molecular complexity index is 828. The van der Waals surface area contributed by atoms with Crippen LogP contribution in [0.15, 0.2) is 35.4 Å². The van der Waals surface area contributed by atoms with Crippen LogP contribution in [-0.2, 0) is 6.61 Å². The van der Waals surface area contributed by atoms with E-state index in [0.29, 0.717) is 38.7 Å². The number of hydrazone groups is 1. The first-order valence-electron chi connectivity index (χ1n) is 7.52. The van der Waals surface area contributed by atoms with Crippen LogP contribution in [0.3, 0.4) is 0 Å². The number of primary amides is 1. The molecular formula is C17H16Cl3N3O3. The van der Waals surface area contributed by atoms with E-state index < -0.39 is 6.03 Å². The second-order valence-electron chi connectivity index (χ2n) is 5.02. The van der Waals surface area contributed by atoms with E-state index >= 15 is 0 Å². The van der Waals surface area contributed by atoms with Crippen LogP contribution < -0.4 is 20.6 Å². The summed E-state index contributed by atoms with van der Waals surface area (Å²) in [5, 5.41) is 5.05. The van der Waals surface area contributed by atoms with Crippen LogP contribution in [0.25, 0.3) is 0 Å². The summed E-state index contributed by atoms with van der Waals surface area (Å²) in [6, 6.07) is 7.67. The lowest BCUT2D eigenvalue weighted by Gasteiger charge is -2.15. The molecule has 2 rings (SSSR count). The maximum absolute atomic E-state index is 10.7. The van der Waals surface area contributed by atoms with E-state index in [1.807, 2.05) is 6.92 Å². The quantitative estimate of drug-likeness (QED) is 0.510. The predicted molar refractivity (Wildman–Crippen MR) is 104 cm³/mol. The van der Waals surface area contributed by atoms with Crippen LogP contribution in [0.2, 0.25) is 15.1 Å². The number of carbonyl (C=O) groups is 1. The molecule has 0 saturated carbocycles. The Hall–Kier alpha value is -2.15. The molecule has 0 spiro atoms. The third-order valence-electron chi connectivity index (χ3n) is 3.11. The molecule has 138 valence electrons. The van der Waals surface area contributed by atoms with E-state index in [1.165, 1.54) is 6.21 Å². The van der Waals surface area contributed by atoms with Crippen LogP contribution in [0.4, 0.5) is 4.79 Å². The number of rotatable bonds is 7. The van der Waals surface area contributed by atoms with E-state index in [0.717, 1.165) is 5.56 Å². The molecule has 2 aromatic carbocycles. The monoisotopic (exact) mass is 415 g/mol. The molecule has 0 atom stereocenters. The largest absolute Gasteiger partial charge is 0.490 e. The Morgan fingerprint density at radius 1 is 1.19 bits per heavy atom. The summed E-state index contributed by atoms with van der Waals surface area (Å²) in [7, 11) is 0. The number of urea groups is 1. The number of ether oxygens (including phenoxy) is 2.